The maximum atomic E-state index is 12.1. The number of hydrogen-bond donors (Lipinski definition) is 0. The van der Waals surface area contributed by atoms with Crippen LogP contribution in [-0.2, 0) is 0 Å². The van der Waals surface area contributed by atoms with Gasteiger partial charge in [0.25, 0.3) is 0 Å². The lowest BCUT2D eigenvalue weighted by molar-refractivity contribution is -0.181. The van der Waals surface area contributed by atoms with Crippen LogP contribution in [-0.4, -0.2) is 22.4 Å². The quantitative estimate of drug-likeness (QED) is 0.486. The van der Waals surface area contributed by atoms with Crippen molar-refractivity contribution in [3.05, 3.63) is 0 Å². The lowest BCUT2D eigenvalue weighted by Gasteiger charge is -2.29. The zero-order valence-corrected chi connectivity index (χ0v) is 8.02. The minimum atomic E-state index is -4.00. The van der Waals surface area contributed by atoms with E-state index in [1.54, 1.807) is 3.11 Å². The molecule has 0 radical (unpaired) electrons. The standard InChI is InChI=1S/C6H9F3IN/c7-6(8,9)5-2-1-3-11(10)4-5/h5H,1-4H2/t5-/m0/s1. The van der Waals surface area contributed by atoms with E-state index in [0.717, 1.165) is 6.54 Å². The molecular formula is C6H9F3IN. The molecule has 1 aliphatic heterocycles. The van der Waals surface area contributed by atoms with E-state index in [4.69, 9.17) is 0 Å². The smallest absolute Gasteiger partial charge is 0.247 e. The molecule has 0 aliphatic carbocycles. The lowest BCUT2D eigenvalue weighted by Crippen LogP contribution is -2.36. The van der Waals surface area contributed by atoms with Gasteiger partial charge in [-0.2, -0.15) is 13.2 Å². The summed E-state index contributed by atoms with van der Waals surface area (Å²) < 4.78 is 38.0. The molecule has 1 heterocycles. The molecule has 1 atom stereocenters. The lowest BCUT2D eigenvalue weighted by atomic mass is 9.99. The number of rotatable bonds is 0. The van der Waals surface area contributed by atoms with Gasteiger partial charge in [-0.05, 0) is 12.8 Å². The molecule has 0 N–H and O–H groups in total. The van der Waals surface area contributed by atoms with Crippen molar-refractivity contribution in [2.75, 3.05) is 13.1 Å². The fraction of sp³-hybridized carbons (Fsp3) is 1.00. The Balaban J connectivity index is 2.46. The number of hydrogen-bond acceptors (Lipinski definition) is 1. The summed E-state index contributed by atoms with van der Waals surface area (Å²) in [5, 5.41) is 0. The van der Waals surface area contributed by atoms with Gasteiger partial charge in [-0.3, -0.25) is 0 Å². The van der Waals surface area contributed by atoms with Gasteiger partial charge in [-0.15, -0.1) is 0 Å². The molecule has 1 rings (SSSR count). The molecule has 11 heavy (non-hydrogen) atoms. The maximum absolute atomic E-state index is 12.1. The highest BCUT2D eigenvalue weighted by Gasteiger charge is 2.41. The van der Waals surface area contributed by atoms with Gasteiger partial charge in [0, 0.05) is 36.0 Å². The van der Waals surface area contributed by atoms with Crippen molar-refractivity contribution in [2.24, 2.45) is 5.92 Å². The average Bonchev–Trinajstić information content (AvgIpc) is 1.86. The van der Waals surface area contributed by atoms with Gasteiger partial charge in [0.05, 0.1) is 5.92 Å². The molecule has 0 aromatic rings. The van der Waals surface area contributed by atoms with Crippen molar-refractivity contribution in [1.29, 1.82) is 0 Å². The second kappa shape index (κ2) is 3.47. The van der Waals surface area contributed by atoms with Gasteiger partial charge in [0.2, 0.25) is 0 Å². The highest BCUT2D eigenvalue weighted by molar-refractivity contribution is 14.1. The molecule has 1 saturated heterocycles. The first-order valence-electron chi connectivity index (χ1n) is 3.47. The van der Waals surface area contributed by atoms with Crippen molar-refractivity contribution in [3.63, 3.8) is 0 Å². The molecule has 5 heteroatoms. The Morgan fingerprint density at radius 2 is 2.00 bits per heavy atom. The average molecular weight is 279 g/mol. The number of piperidine rings is 1. The topological polar surface area (TPSA) is 3.24 Å². The zero-order chi connectivity index (χ0) is 8.48. The third kappa shape index (κ3) is 2.77. The molecule has 66 valence electrons. The Morgan fingerprint density at radius 3 is 2.36 bits per heavy atom. The fourth-order valence-electron chi connectivity index (χ4n) is 1.20. The van der Waals surface area contributed by atoms with Crippen molar-refractivity contribution < 1.29 is 13.2 Å². The van der Waals surface area contributed by atoms with E-state index in [1.807, 2.05) is 22.9 Å². The zero-order valence-electron chi connectivity index (χ0n) is 5.86. The molecule has 1 fully saturated rings. The van der Waals surface area contributed by atoms with Crippen LogP contribution in [0, 0.1) is 5.92 Å². The summed E-state index contributed by atoms with van der Waals surface area (Å²) in [4.78, 5) is 0. The van der Waals surface area contributed by atoms with Gasteiger partial charge in [0.1, 0.15) is 0 Å². The van der Waals surface area contributed by atoms with E-state index in [-0.39, 0.29) is 6.54 Å². The van der Waals surface area contributed by atoms with Gasteiger partial charge >= 0.3 is 6.18 Å². The SMILES string of the molecule is FC(F)(F)[C@H]1CCCN(I)C1. The molecule has 0 amide bonds. The molecule has 0 saturated carbocycles. The molecule has 0 aromatic carbocycles. The molecule has 0 spiro atoms. The fourth-order valence-corrected chi connectivity index (χ4v) is 2.01. The Morgan fingerprint density at radius 1 is 1.36 bits per heavy atom. The highest BCUT2D eigenvalue weighted by Crippen LogP contribution is 2.33. The van der Waals surface area contributed by atoms with Gasteiger partial charge in [0.15, 0.2) is 0 Å². The number of alkyl halides is 3. The second-order valence-electron chi connectivity index (χ2n) is 2.75. The van der Waals surface area contributed by atoms with E-state index in [1.165, 1.54) is 0 Å². The monoisotopic (exact) mass is 279 g/mol. The third-order valence-electron chi connectivity index (χ3n) is 1.83. The third-order valence-corrected chi connectivity index (χ3v) is 2.71. The van der Waals surface area contributed by atoms with Crippen LogP contribution in [0.4, 0.5) is 13.2 Å². The molecule has 0 unspecified atom stereocenters. The van der Waals surface area contributed by atoms with Crippen LogP contribution < -0.4 is 0 Å². The predicted molar refractivity (Wildman–Crippen MR) is 44.4 cm³/mol. The first-order valence-corrected chi connectivity index (χ1v) is 4.44. The summed E-state index contributed by atoms with van der Waals surface area (Å²) >= 11 is 1.95. The Hall–Kier alpha value is 0.480. The minimum Gasteiger partial charge on any atom is -0.247 e. The van der Waals surface area contributed by atoms with Gasteiger partial charge in [-0.1, -0.05) is 0 Å². The normalized spacial score (nSPS) is 28.9. The summed E-state index contributed by atoms with van der Waals surface area (Å²) in [7, 11) is 0. The Bertz CT molecular complexity index is 136. The first-order chi connectivity index (χ1) is 5.00. The van der Waals surface area contributed by atoms with Crippen molar-refractivity contribution in [2.45, 2.75) is 19.0 Å². The van der Waals surface area contributed by atoms with Crippen LogP contribution in [0.3, 0.4) is 0 Å². The van der Waals surface area contributed by atoms with E-state index in [0.29, 0.717) is 12.8 Å². The molecule has 1 aliphatic rings. The summed E-state index contributed by atoms with van der Waals surface area (Å²) in [5.74, 6) is -1.10. The van der Waals surface area contributed by atoms with E-state index >= 15 is 0 Å². The minimum absolute atomic E-state index is 0.157. The van der Waals surface area contributed by atoms with Crippen molar-refractivity contribution in [1.82, 2.24) is 3.11 Å². The largest absolute Gasteiger partial charge is 0.393 e. The number of nitrogens with zero attached hydrogens (tertiary/aromatic N) is 1. The van der Waals surface area contributed by atoms with Crippen LogP contribution in [0.2, 0.25) is 0 Å². The van der Waals surface area contributed by atoms with E-state index in [9.17, 15) is 13.2 Å². The van der Waals surface area contributed by atoms with Crippen molar-refractivity contribution >= 4 is 22.9 Å². The molecular weight excluding hydrogens is 270 g/mol. The Labute approximate surface area is 77.4 Å². The summed E-state index contributed by atoms with van der Waals surface area (Å²) in [6, 6.07) is 0. The van der Waals surface area contributed by atoms with Crippen LogP contribution in [0.5, 0.6) is 0 Å². The van der Waals surface area contributed by atoms with Gasteiger partial charge in [-0.25, -0.2) is 3.11 Å². The van der Waals surface area contributed by atoms with E-state index < -0.39 is 12.1 Å². The molecule has 0 aromatic heterocycles. The number of halogens is 4. The first kappa shape index (κ1) is 9.57. The highest BCUT2D eigenvalue weighted by atomic mass is 127. The summed E-state index contributed by atoms with van der Waals surface area (Å²) in [6.07, 6.45) is -3.04. The second-order valence-corrected chi connectivity index (χ2v) is 4.11. The van der Waals surface area contributed by atoms with Gasteiger partial charge < -0.3 is 0 Å². The van der Waals surface area contributed by atoms with Crippen LogP contribution in [0.1, 0.15) is 12.8 Å². The predicted octanol–water partition coefficient (Wildman–Crippen LogP) is 2.61. The summed E-state index contributed by atoms with van der Waals surface area (Å²) in [6.45, 7) is 0.942. The van der Waals surface area contributed by atoms with Crippen LogP contribution >= 0.6 is 22.9 Å². The van der Waals surface area contributed by atoms with Crippen molar-refractivity contribution in [3.8, 4) is 0 Å². The summed E-state index contributed by atoms with van der Waals surface area (Å²) in [5.41, 5.74) is 0. The van der Waals surface area contributed by atoms with E-state index in [2.05, 4.69) is 0 Å². The molecule has 0 bridgehead atoms. The van der Waals surface area contributed by atoms with Crippen LogP contribution in [0.15, 0.2) is 0 Å². The maximum Gasteiger partial charge on any atom is 0.393 e. The molecule has 1 nitrogen and oxygen atoms in total. The Kier molecular flexibility index (Phi) is 3.02. The van der Waals surface area contributed by atoms with Crippen LogP contribution in [0.25, 0.3) is 0 Å².